The molecule has 5 nitrogen and oxygen atoms in total. The van der Waals surface area contributed by atoms with Crippen LogP contribution >= 0.6 is 0 Å². The smallest absolute Gasteiger partial charge is 0.330 e. The standard InChI is InChI=1S/C23H22N2O3/c1-2-28-23(27)14-9-18-5-10-20(11-6-18)24-22(26)17-19-7-12-21(13-8-19)25-15-3-4-16-25/h3-16H,2,17H2,1H3,(H,24,26). The van der Waals surface area contributed by atoms with Crippen LogP contribution in [0.1, 0.15) is 18.1 Å². The Balaban J connectivity index is 1.54. The zero-order valence-corrected chi connectivity index (χ0v) is 15.7. The fourth-order valence-electron chi connectivity index (χ4n) is 2.72. The minimum Gasteiger partial charge on any atom is -0.463 e. The first kappa shape index (κ1) is 19.2. The molecular formula is C23H22N2O3. The first-order valence-electron chi connectivity index (χ1n) is 9.11. The molecule has 1 heterocycles. The van der Waals surface area contributed by atoms with Crippen LogP contribution < -0.4 is 5.32 Å². The van der Waals surface area contributed by atoms with Gasteiger partial charge in [-0.15, -0.1) is 0 Å². The molecule has 0 saturated carbocycles. The van der Waals surface area contributed by atoms with E-state index in [2.05, 4.69) is 5.32 Å². The van der Waals surface area contributed by atoms with Gasteiger partial charge in [0.05, 0.1) is 13.0 Å². The Kier molecular flexibility index (Phi) is 6.41. The molecule has 0 aliphatic carbocycles. The maximum atomic E-state index is 12.3. The summed E-state index contributed by atoms with van der Waals surface area (Å²) in [6, 6.07) is 19.1. The molecule has 0 fully saturated rings. The van der Waals surface area contributed by atoms with E-state index in [-0.39, 0.29) is 11.9 Å². The molecule has 0 aliphatic rings. The number of nitrogens with zero attached hydrogens (tertiary/aromatic N) is 1. The fraction of sp³-hybridized carbons (Fsp3) is 0.130. The molecule has 1 amide bonds. The summed E-state index contributed by atoms with van der Waals surface area (Å²) in [6.45, 7) is 2.11. The third kappa shape index (κ3) is 5.45. The van der Waals surface area contributed by atoms with Crippen molar-refractivity contribution in [2.24, 2.45) is 0 Å². The van der Waals surface area contributed by atoms with Crippen LogP contribution in [0.15, 0.2) is 79.1 Å². The lowest BCUT2D eigenvalue weighted by Gasteiger charge is -2.07. The molecule has 0 spiro atoms. The van der Waals surface area contributed by atoms with Crippen molar-refractivity contribution < 1.29 is 14.3 Å². The number of benzene rings is 2. The number of anilines is 1. The highest BCUT2D eigenvalue weighted by Gasteiger charge is 2.05. The molecule has 142 valence electrons. The lowest BCUT2D eigenvalue weighted by atomic mass is 10.1. The van der Waals surface area contributed by atoms with Crippen molar-refractivity contribution in [2.45, 2.75) is 13.3 Å². The van der Waals surface area contributed by atoms with E-state index >= 15 is 0 Å². The summed E-state index contributed by atoms with van der Waals surface area (Å²) < 4.78 is 6.86. The zero-order chi connectivity index (χ0) is 19.8. The Morgan fingerprint density at radius 2 is 1.68 bits per heavy atom. The fourth-order valence-corrected chi connectivity index (χ4v) is 2.72. The lowest BCUT2D eigenvalue weighted by Crippen LogP contribution is -2.14. The molecule has 3 rings (SSSR count). The van der Waals surface area contributed by atoms with Gasteiger partial charge in [0.25, 0.3) is 0 Å². The van der Waals surface area contributed by atoms with E-state index in [0.717, 1.165) is 16.8 Å². The number of rotatable bonds is 7. The van der Waals surface area contributed by atoms with Crippen molar-refractivity contribution in [1.29, 1.82) is 0 Å². The van der Waals surface area contributed by atoms with Crippen molar-refractivity contribution in [2.75, 3.05) is 11.9 Å². The summed E-state index contributed by atoms with van der Waals surface area (Å²) in [5.41, 5.74) is 3.57. The number of amides is 1. The monoisotopic (exact) mass is 374 g/mol. The molecule has 0 radical (unpaired) electrons. The van der Waals surface area contributed by atoms with E-state index in [0.29, 0.717) is 18.7 Å². The number of ether oxygens (including phenoxy) is 1. The maximum Gasteiger partial charge on any atom is 0.330 e. The van der Waals surface area contributed by atoms with Gasteiger partial charge in [-0.05, 0) is 60.5 Å². The number of hydrogen-bond acceptors (Lipinski definition) is 3. The van der Waals surface area contributed by atoms with Crippen molar-refractivity contribution in [3.8, 4) is 5.69 Å². The molecule has 3 aromatic rings. The van der Waals surface area contributed by atoms with Crippen LogP contribution in [0.3, 0.4) is 0 Å². The Morgan fingerprint density at radius 3 is 2.32 bits per heavy atom. The topological polar surface area (TPSA) is 60.3 Å². The van der Waals surface area contributed by atoms with Crippen LogP contribution in [0.5, 0.6) is 0 Å². The van der Waals surface area contributed by atoms with E-state index in [1.165, 1.54) is 6.08 Å². The van der Waals surface area contributed by atoms with Gasteiger partial charge >= 0.3 is 5.97 Å². The third-order valence-corrected chi connectivity index (χ3v) is 4.10. The molecule has 0 bridgehead atoms. The SMILES string of the molecule is CCOC(=O)C=Cc1ccc(NC(=O)Cc2ccc(-n3cccc3)cc2)cc1. The van der Waals surface area contributed by atoms with Crippen molar-refractivity contribution in [3.63, 3.8) is 0 Å². The van der Waals surface area contributed by atoms with Gasteiger partial charge < -0.3 is 14.6 Å². The quantitative estimate of drug-likeness (QED) is 0.497. The van der Waals surface area contributed by atoms with Crippen LogP contribution in [0.25, 0.3) is 11.8 Å². The second kappa shape index (κ2) is 9.37. The number of carbonyl (C=O) groups excluding carboxylic acids is 2. The minimum absolute atomic E-state index is 0.0801. The summed E-state index contributed by atoms with van der Waals surface area (Å²) in [6.07, 6.45) is 7.32. The Bertz CT molecular complexity index is 941. The highest BCUT2D eigenvalue weighted by molar-refractivity contribution is 5.92. The second-order valence-corrected chi connectivity index (χ2v) is 6.19. The number of carbonyl (C=O) groups is 2. The van der Waals surface area contributed by atoms with Crippen LogP contribution in [-0.2, 0) is 20.7 Å². The van der Waals surface area contributed by atoms with Gasteiger partial charge in [0, 0.05) is 29.8 Å². The Hall–Kier alpha value is -3.60. The highest BCUT2D eigenvalue weighted by Crippen LogP contribution is 2.13. The Labute approximate surface area is 164 Å². The maximum absolute atomic E-state index is 12.3. The molecule has 0 unspecified atom stereocenters. The summed E-state index contributed by atoms with van der Waals surface area (Å²) >= 11 is 0. The van der Waals surface area contributed by atoms with Crippen molar-refractivity contribution in [1.82, 2.24) is 4.57 Å². The molecule has 28 heavy (non-hydrogen) atoms. The third-order valence-electron chi connectivity index (χ3n) is 4.10. The van der Waals surface area contributed by atoms with Crippen LogP contribution in [-0.4, -0.2) is 23.1 Å². The minimum atomic E-state index is -0.373. The van der Waals surface area contributed by atoms with E-state index < -0.39 is 0 Å². The number of hydrogen-bond donors (Lipinski definition) is 1. The van der Waals surface area contributed by atoms with Gasteiger partial charge in [0.15, 0.2) is 0 Å². The normalized spacial score (nSPS) is 10.8. The molecule has 5 heteroatoms. The van der Waals surface area contributed by atoms with E-state index in [9.17, 15) is 9.59 Å². The summed E-state index contributed by atoms with van der Waals surface area (Å²) in [4.78, 5) is 23.6. The molecule has 0 saturated heterocycles. The van der Waals surface area contributed by atoms with Crippen LogP contribution in [0.4, 0.5) is 5.69 Å². The summed E-state index contributed by atoms with van der Waals surface area (Å²) in [5.74, 6) is -0.453. The van der Waals surface area contributed by atoms with Crippen molar-refractivity contribution in [3.05, 3.63) is 90.3 Å². The number of nitrogens with one attached hydrogen (secondary N) is 1. The van der Waals surface area contributed by atoms with Gasteiger partial charge in [0.2, 0.25) is 5.91 Å². The van der Waals surface area contributed by atoms with E-state index in [1.54, 1.807) is 25.1 Å². The molecule has 1 N–H and O–H groups in total. The predicted octanol–water partition coefficient (Wildman–Crippen LogP) is 4.23. The zero-order valence-electron chi connectivity index (χ0n) is 15.7. The average Bonchev–Trinajstić information content (AvgIpc) is 3.23. The van der Waals surface area contributed by atoms with E-state index in [4.69, 9.17) is 4.74 Å². The molecular weight excluding hydrogens is 352 g/mol. The average molecular weight is 374 g/mol. The van der Waals surface area contributed by atoms with Gasteiger partial charge in [0.1, 0.15) is 0 Å². The van der Waals surface area contributed by atoms with Crippen molar-refractivity contribution >= 4 is 23.6 Å². The molecule has 2 aromatic carbocycles. The first-order chi connectivity index (χ1) is 13.6. The molecule has 0 aliphatic heterocycles. The van der Waals surface area contributed by atoms with E-state index in [1.807, 2.05) is 65.5 Å². The molecule has 0 atom stereocenters. The van der Waals surface area contributed by atoms with Gasteiger partial charge in [-0.2, -0.15) is 0 Å². The largest absolute Gasteiger partial charge is 0.463 e. The van der Waals surface area contributed by atoms with Crippen LogP contribution in [0, 0.1) is 0 Å². The van der Waals surface area contributed by atoms with Gasteiger partial charge in [-0.1, -0.05) is 24.3 Å². The van der Waals surface area contributed by atoms with Gasteiger partial charge in [-0.3, -0.25) is 4.79 Å². The second-order valence-electron chi connectivity index (χ2n) is 6.19. The predicted molar refractivity (Wildman–Crippen MR) is 110 cm³/mol. The van der Waals surface area contributed by atoms with Crippen LogP contribution in [0.2, 0.25) is 0 Å². The lowest BCUT2D eigenvalue weighted by molar-refractivity contribution is -0.137. The number of esters is 1. The molecule has 1 aromatic heterocycles. The Morgan fingerprint density at radius 1 is 1.00 bits per heavy atom. The summed E-state index contributed by atoms with van der Waals surface area (Å²) in [5, 5.41) is 2.89. The highest BCUT2D eigenvalue weighted by atomic mass is 16.5. The first-order valence-corrected chi connectivity index (χ1v) is 9.11. The number of aromatic nitrogens is 1. The summed E-state index contributed by atoms with van der Waals surface area (Å²) in [7, 11) is 0. The van der Waals surface area contributed by atoms with Gasteiger partial charge in [-0.25, -0.2) is 4.79 Å².